The average molecular weight is 230 g/mol. The first-order valence-electron chi connectivity index (χ1n) is 6.56. The van der Waals surface area contributed by atoms with Crippen LogP contribution in [0.2, 0.25) is 0 Å². The molecule has 0 aliphatic rings. The average Bonchev–Trinajstić information content (AvgIpc) is 2.17. The highest BCUT2D eigenvalue weighted by molar-refractivity contribution is 4.57. The first kappa shape index (κ1) is 15.9. The summed E-state index contributed by atoms with van der Waals surface area (Å²) in [4.78, 5) is 2.34. The summed E-state index contributed by atoms with van der Waals surface area (Å²) in [7, 11) is 2.16. The lowest BCUT2D eigenvalue weighted by atomic mass is 10.0. The lowest BCUT2D eigenvalue weighted by Gasteiger charge is -2.18. The Morgan fingerprint density at radius 1 is 1.12 bits per heavy atom. The lowest BCUT2D eigenvalue weighted by molar-refractivity contribution is 0.0634. The second kappa shape index (κ2) is 10.1. The third-order valence-corrected chi connectivity index (χ3v) is 2.82. The zero-order valence-electron chi connectivity index (χ0n) is 11.5. The Labute approximate surface area is 101 Å². The molecule has 0 aromatic rings. The van der Waals surface area contributed by atoms with Crippen LogP contribution in [0.1, 0.15) is 40.0 Å². The zero-order chi connectivity index (χ0) is 12.4. The molecule has 0 amide bonds. The van der Waals surface area contributed by atoms with E-state index in [0.717, 1.165) is 38.6 Å². The van der Waals surface area contributed by atoms with Gasteiger partial charge in [-0.15, -0.1) is 0 Å². The molecule has 0 rings (SSSR count). The molecule has 0 bridgehead atoms. The summed E-state index contributed by atoms with van der Waals surface area (Å²) in [5.74, 6) is 0.769. The van der Waals surface area contributed by atoms with Crippen molar-refractivity contribution in [2.24, 2.45) is 11.7 Å². The van der Waals surface area contributed by atoms with Crippen molar-refractivity contribution in [3.63, 3.8) is 0 Å². The van der Waals surface area contributed by atoms with E-state index in [1.54, 1.807) is 0 Å². The van der Waals surface area contributed by atoms with Gasteiger partial charge in [-0.1, -0.05) is 6.92 Å². The molecule has 3 heteroatoms. The molecule has 0 spiro atoms. The molecule has 98 valence electrons. The van der Waals surface area contributed by atoms with Crippen LogP contribution < -0.4 is 5.73 Å². The van der Waals surface area contributed by atoms with Gasteiger partial charge in [0.05, 0.1) is 12.7 Å². The summed E-state index contributed by atoms with van der Waals surface area (Å²) in [6.07, 6.45) is 4.05. The monoisotopic (exact) mass is 230 g/mol. The number of hydrogen-bond donors (Lipinski definition) is 1. The van der Waals surface area contributed by atoms with Crippen LogP contribution >= 0.6 is 0 Å². The maximum atomic E-state index is 5.53. The van der Waals surface area contributed by atoms with Crippen molar-refractivity contribution >= 4 is 0 Å². The Kier molecular flexibility index (Phi) is 9.99. The maximum absolute atomic E-state index is 5.53. The summed E-state index contributed by atoms with van der Waals surface area (Å²) in [6, 6.07) is 0. The fraction of sp³-hybridized carbons (Fsp3) is 1.00. The lowest BCUT2D eigenvalue weighted by Crippen LogP contribution is -2.25. The third-order valence-electron chi connectivity index (χ3n) is 2.82. The minimum Gasteiger partial charge on any atom is -0.377 e. The van der Waals surface area contributed by atoms with E-state index >= 15 is 0 Å². The van der Waals surface area contributed by atoms with E-state index in [1.807, 2.05) is 0 Å². The zero-order valence-corrected chi connectivity index (χ0v) is 11.5. The van der Waals surface area contributed by atoms with Gasteiger partial charge in [0.15, 0.2) is 0 Å². The first-order chi connectivity index (χ1) is 7.56. The molecule has 3 nitrogen and oxygen atoms in total. The molecule has 0 aliphatic carbocycles. The number of rotatable bonds is 10. The summed E-state index contributed by atoms with van der Waals surface area (Å²) in [5, 5.41) is 0. The minimum absolute atomic E-state index is 0.345. The first-order valence-corrected chi connectivity index (χ1v) is 6.56. The van der Waals surface area contributed by atoms with Gasteiger partial charge in [0.1, 0.15) is 0 Å². The van der Waals surface area contributed by atoms with Gasteiger partial charge in [0.2, 0.25) is 0 Å². The van der Waals surface area contributed by atoms with E-state index in [0.29, 0.717) is 6.10 Å². The summed E-state index contributed by atoms with van der Waals surface area (Å²) >= 11 is 0. The van der Waals surface area contributed by atoms with Gasteiger partial charge in [-0.05, 0) is 59.2 Å². The van der Waals surface area contributed by atoms with Crippen LogP contribution in [0.4, 0.5) is 0 Å². The van der Waals surface area contributed by atoms with E-state index in [4.69, 9.17) is 10.5 Å². The van der Waals surface area contributed by atoms with Crippen molar-refractivity contribution in [3.8, 4) is 0 Å². The van der Waals surface area contributed by atoms with E-state index < -0.39 is 0 Å². The van der Waals surface area contributed by atoms with E-state index in [1.165, 1.54) is 12.8 Å². The summed E-state index contributed by atoms with van der Waals surface area (Å²) < 4.78 is 5.52. The third kappa shape index (κ3) is 10.4. The highest BCUT2D eigenvalue weighted by Gasteiger charge is 2.03. The van der Waals surface area contributed by atoms with Crippen LogP contribution in [0.25, 0.3) is 0 Å². The van der Waals surface area contributed by atoms with Crippen LogP contribution in [0, 0.1) is 5.92 Å². The number of nitrogens with two attached hydrogens (primary N) is 1. The molecular weight excluding hydrogens is 200 g/mol. The predicted octanol–water partition coefficient (Wildman–Crippen LogP) is 2.11. The highest BCUT2D eigenvalue weighted by Crippen LogP contribution is 2.09. The number of nitrogens with zero attached hydrogens (tertiary/aromatic N) is 1. The van der Waals surface area contributed by atoms with Gasteiger partial charge >= 0.3 is 0 Å². The quantitative estimate of drug-likeness (QED) is 0.625. The Morgan fingerprint density at radius 2 is 1.81 bits per heavy atom. The van der Waals surface area contributed by atoms with Crippen molar-refractivity contribution in [2.75, 3.05) is 33.3 Å². The summed E-state index contributed by atoms with van der Waals surface area (Å²) in [6.45, 7) is 10.3. The Bertz CT molecular complexity index is 151. The molecule has 1 unspecified atom stereocenters. The molecule has 2 N–H and O–H groups in total. The number of ether oxygens (including phenoxy) is 1. The van der Waals surface area contributed by atoms with Crippen molar-refractivity contribution in [3.05, 3.63) is 0 Å². The van der Waals surface area contributed by atoms with Crippen molar-refractivity contribution < 1.29 is 4.74 Å². The van der Waals surface area contributed by atoms with Crippen LogP contribution in [0.5, 0.6) is 0 Å². The molecule has 1 atom stereocenters. The molecule has 16 heavy (non-hydrogen) atoms. The molecule has 0 fully saturated rings. The fourth-order valence-electron chi connectivity index (χ4n) is 1.69. The molecule has 0 radical (unpaired) electrons. The number of hydrogen-bond acceptors (Lipinski definition) is 3. The van der Waals surface area contributed by atoms with Gasteiger partial charge in [-0.3, -0.25) is 0 Å². The molecule has 0 aliphatic heterocycles. The molecule has 0 aromatic carbocycles. The topological polar surface area (TPSA) is 38.5 Å². The van der Waals surface area contributed by atoms with Crippen LogP contribution in [-0.4, -0.2) is 44.3 Å². The Morgan fingerprint density at radius 3 is 2.38 bits per heavy atom. The Balaban J connectivity index is 3.32. The molecular formula is C13H30N2O. The summed E-state index contributed by atoms with van der Waals surface area (Å²) in [5.41, 5.74) is 5.53. The minimum atomic E-state index is 0.345. The normalized spacial score (nSPS) is 13.7. The van der Waals surface area contributed by atoms with E-state index in [2.05, 4.69) is 32.7 Å². The van der Waals surface area contributed by atoms with Crippen LogP contribution in [0.3, 0.4) is 0 Å². The van der Waals surface area contributed by atoms with Crippen molar-refractivity contribution in [2.45, 2.75) is 46.1 Å². The van der Waals surface area contributed by atoms with Crippen LogP contribution in [-0.2, 0) is 4.74 Å². The van der Waals surface area contributed by atoms with Gasteiger partial charge in [0.25, 0.3) is 0 Å². The Hall–Kier alpha value is -0.120. The largest absolute Gasteiger partial charge is 0.377 e. The smallest absolute Gasteiger partial charge is 0.0596 e. The molecule has 0 aromatic heterocycles. The SMILES string of the molecule is CC(CCN)CCCN(C)CCOC(C)C. The second-order valence-corrected chi connectivity index (χ2v) is 5.05. The van der Waals surface area contributed by atoms with Crippen molar-refractivity contribution in [1.82, 2.24) is 4.90 Å². The number of likely N-dealkylation sites (N-methyl/N-ethyl adjacent to an activating group) is 1. The maximum Gasteiger partial charge on any atom is 0.0596 e. The van der Waals surface area contributed by atoms with Gasteiger partial charge < -0.3 is 15.4 Å². The highest BCUT2D eigenvalue weighted by atomic mass is 16.5. The van der Waals surface area contributed by atoms with Crippen LogP contribution in [0.15, 0.2) is 0 Å². The fourth-order valence-corrected chi connectivity index (χ4v) is 1.69. The van der Waals surface area contributed by atoms with Gasteiger partial charge in [0, 0.05) is 6.54 Å². The standard InChI is InChI=1S/C13H30N2O/c1-12(2)16-11-10-15(4)9-5-6-13(3)7-8-14/h12-13H,5-11,14H2,1-4H3. The molecule has 0 heterocycles. The van der Waals surface area contributed by atoms with E-state index in [-0.39, 0.29) is 0 Å². The van der Waals surface area contributed by atoms with Crippen molar-refractivity contribution in [1.29, 1.82) is 0 Å². The molecule has 0 saturated heterocycles. The predicted molar refractivity (Wildman–Crippen MR) is 70.7 cm³/mol. The van der Waals surface area contributed by atoms with E-state index in [9.17, 15) is 0 Å². The second-order valence-electron chi connectivity index (χ2n) is 5.05. The molecule has 0 saturated carbocycles. The van der Waals surface area contributed by atoms with Gasteiger partial charge in [-0.25, -0.2) is 0 Å². The van der Waals surface area contributed by atoms with Gasteiger partial charge in [-0.2, -0.15) is 0 Å².